The van der Waals surface area contributed by atoms with Crippen LogP contribution in [-0.2, 0) is 0 Å². The predicted molar refractivity (Wildman–Crippen MR) is 76.6 cm³/mol. The summed E-state index contributed by atoms with van der Waals surface area (Å²) in [5.74, 6) is 0. The van der Waals surface area contributed by atoms with Gasteiger partial charge in [-0.15, -0.1) is 0 Å². The Bertz CT molecular complexity index is 358. The fourth-order valence-electron chi connectivity index (χ4n) is 1.74. The van der Waals surface area contributed by atoms with Crippen LogP contribution in [0.15, 0.2) is 26.8 Å². The van der Waals surface area contributed by atoms with Gasteiger partial charge in [-0.25, -0.2) is 0 Å². The molecule has 0 aromatic rings. The third-order valence-electron chi connectivity index (χ3n) is 2.64. The summed E-state index contributed by atoms with van der Waals surface area (Å²) in [5, 5.41) is 0. The van der Waals surface area contributed by atoms with Gasteiger partial charge in [-0.2, -0.15) is 0 Å². The van der Waals surface area contributed by atoms with Crippen molar-refractivity contribution in [2.75, 3.05) is 6.54 Å². The first-order valence-corrected chi connectivity index (χ1v) is 6.30. The summed E-state index contributed by atoms with van der Waals surface area (Å²) < 4.78 is 0. The van der Waals surface area contributed by atoms with Gasteiger partial charge < -0.3 is 0 Å². The number of hydrogen-bond acceptors (Lipinski definition) is 3. The topological polar surface area (TPSA) is 37.1 Å². The van der Waals surface area contributed by atoms with Crippen molar-refractivity contribution in [3.8, 4) is 0 Å². The molecule has 0 aromatic heterocycles. The normalized spacial score (nSPS) is 23.6. The highest BCUT2D eigenvalue weighted by atomic mass is 14.8. The molecule has 0 N–H and O–H groups in total. The standard InChI is InChI=1S/C14H23N3/c1-11(2)17-13(4)7-9-16-14-6-5-12(3)15-10-8-14/h7,10,12H,5-6,8-9H2,1-4H3. The number of aliphatic imine (C=N–C) groups is 3. The Kier molecular flexibility index (Phi) is 5.81. The van der Waals surface area contributed by atoms with Crippen LogP contribution in [0.4, 0.5) is 0 Å². The molecule has 1 heterocycles. The van der Waals surface area contributed by atoms with Gasteiger partial charge >= 0.3 is 0 Å². The molecule has 1 rings (SSSR count). The highest BCUT2D eigenvalue weighted by molar-refractivity contribution is 5.96. The molecule has 0 radical (unpaired) electrons. The van der Waals surface area contributed by atoms with Gasteiger partial charge in [0.1, 0.15) is 0 Å². The minimum atomic E-state index is 0.451. The van der Waals surface area contributed by atoms with E-state index in [2.05, 4.69) is 28.0 Å². The summed E-state index contributed by atoms with van der Waals surface area (Å²) in [6.07, 6.45) is 7.18. The minimum absolute atomic E-state index is 0.451. The minimum Gasteiger partial charge on any atom is -0.294 e. The first kappa shape index (κ1) is 13.8. The van der Waals surface area contributed by atoms with E-state index in [-0.39, 0.29) is 0 Å². The summed E-state index contributed by atoms with van der Waals surface area (Å²) in [4.78, 5) is 13.4. The van der Waals surface area contributed by atoms with E-state index in [0.29, 0.717) is 6.04 Å². The van der Waals surface area contributed by atoms with Gasteiger partial charge in [0, 0.05) is 35.8 Å². The van der Waals surface area contributed by atoms with Crippen molar-refractivity contribution >= 4 is 17.6 Å². The lowest BCUT2D eigenvalue weighted by atomic mass is 10.1. The van der Waals surface area contributed by atoms with E-state index in [1.807, 2.05) is 27.0 Å². The molecule has 17 heavy (non-hydrogen) atoms. The third-order valence-corrected chi connectivity index (χ3v) is 2.64. The molecule has 1 unspecified atom stereocenters. The molecule has 0 spiro atoms. The van der Waals surface area contributed by atoms with Gasteiger partial charge in [-0.1, -0.05) is 0 Å². The first-order chi connectivity index (χ1) is 8.08. The molecule has 0 aliphatic carbocycles. The number of nitrogens with zero attached hydrogens (tertiary/aromatic N) is 3. The van der Waals surface area contributed by atoms with Crippen molar-refractivity contribution < 1.29 is 0 Å². The largest absolute Gasteiger partial charge is 0.294 e. The summed E-state index contributed by atoms with van der Waals surface area (Å²) in [5.41, 5.74) is 3.39. The van der Waals surface area contributed by atoms with E-state index in [1.54, 1.807) is 0 Å². The lowest BCUT2D eigenvalue weighted by Crippen LogP contribution is -2.00. The van der Waals surface area contributed by atoms with E-state index in [1.165, 1.54) is 5.71 Å². The van der Waals surface area contributed by atoms with Crippen LogP contribution in [0.5, 0.6) is 0 Å². The predicted octanol–water partition coefficient (Wildman–Crippen LogP) is 3.46. The summed E-state index contributed by atoms with van der Waals surface area (Å²) in [7, 11) is 0. The Hall–Kier alpha value is -1.25. The zero-order valence-corrected chi connectivity index (χ0v) is 11.4. The van der Waals surface area contributed by atoms with E-state index in [4.69, 9.17) is 0 Å². The first-order valence-electron chi connectivity index (χ1n) is 6.30. The monoisotopic (exact) mass is 233 g/mol. The van der Waals surface area contributed by atoms with Crippen LogP contribution in [0.25, 0.3) is 0 Å². The Morgan fingerprint density at radius 2 is 2.24 bits per heavy atom. The van der Waals surface area contributed by atoms with Gasteiger partial charge in [0.2, 0.25) is 0 Å². The zero-order chi connectivity index (χ0) is 12.7. The Morgan fingerprint density at radius 1 is 1.47 bits per heavy atom. The van der Waals surface area contributed by atoms with Gasteiger partial charge in [0.15, 0.2) is 0 Å². The molecular weight excluding hydrogens is 210 g/mol. The van der Waals surface area contributed by atoms with E-state index in [0.717, 1.165) is 37.2 Å². The van der Waals surface area contributed by atoms with E-state index in [9.17, 15) is 0 Å². The Labute approximate surface area is 104 Å². The maximum atomic E-state index is 4.60. The smallest absolute Gasteiger partial charge is 0.0590 e. The number of rotatable bonds is 3. The highest BCUT2D eigenvalue weighted by Gasteiger charge is 2.06. The summed E-state index contributed by atoms with van der Waals surface area (Å²) in [6, 6.07) is 0.451. The average molecular weight is 233 g/mol. The number of hydrogen-bond donors (Lipinski definition) is 0. The maximum Gasteiger partial charge on any atom is 0.0590 e. The van der Waals surface area contributed by atoms with Gasteiger partial charge in [0.25, 0.3) is 0 Å². The van der Waals surface area contributed by atoms with Crippen LogP contribution in [0.3, 0.4) is 0 Å². The molecular formula is C14H23N3. The highest BCUT2D eigenvalue weighted by Crippen LogP contribution is 2.08. The Balaban J connectivity index is 2.49. The second-order valence-electron chi connectivity index (χ2n) is 4.73. The number of allylic oxidation sites excluding steroid dienone is 1. The molecule has 1 aliphatic rings. The molecule has 0 saturated heterocycles. The summed E-state index contributed by atoms with van der Waals surface area (Å²) in [6.45, 7) is 8.92. The molecule has 3 nitrogen and oxygen atoms in total. The lowest BCUT2D eigenvalue weighted by Gasteiger charge is -2.02. The van der Waals surface area contributed by atoms with Crippen molar-refractivity contribution in [2.45, 2.75) is 53.0 Å². The fourth-order valence-corrected chi connectivity index (χ4v) is 1.74. The second-order valence-corrected chi connectivity index (χ2v) is 4.73. The van der Waals surface area contributed by atoms with Crippen LogP contribution in [0.1, 0.15) is 47.0 Å². The zero-order valence-electron chi connectivity index (χ0n) is 11.4. The van der Waals surface area contributed by atoms with Crippen molar-refractivity contribution in [1.82, 2.24) is 0 Å². The third kappa shape index (κ3) is 6.15. The van der Waals surface area contributed by atoms with E-state index >= 15 is 0 Å². The SMILES string of the molecule is CC(=CCN=C1CC=NC(C)CC1)N=C(C)C. The molecule has 0 saturated carbocycles. The molecule has 3 heteroatoms. The molecule has 0 fully saturated rings. The second kappa shape index (κ2) is 7.15. The molecule has 1 aliphatic heterocycles. The van der Waals surface area contributed by atoms with Gasteiger partial charge in [-0.3, -0.25) is 15.0 Å². The summed E-state index contributed by atoms with van der Waals surface area (Å²) >= 11 is 0. The van der Waals surface area contributed by atoms with Crippen LogP contribution in [0.2, 0.25) is 0 Å². The molecule has 94 valence electrons. The van der Waals surface area contributed by atoms with Crippen molar-refractivity contribution in [2.24, 2.45) is 15.0 Å². The quantitative estimate of drug-likeness (QED) is 0.670. The lowest BCUT2D eigenvalue weighted by molar-refractivity contribution is 0.697. The van der Waals surface area contributed by atoms with E-state index < -0.39 is 0 Å². The average Bonchev–Trinajstić information content (AvgIpc) is 2.42. The van der Waals surface area contributed by atoms with Crippen molar-refractivity contribution in [3.63, 3.8) is 0 Å². The van der Waals surface area contributed by atoms with Crippen molar-refractivity contribution in [3.05, 3.63) is 11.8 Å². The van der Waals surface area contributed by atoms with Gasteiger partial charge in [0.05, 0.1) is 6.54 Å². The van der Waals surface area contributed by atoms with Crippen LogP contribution in [-0.4, -0.2) is 30.2 Å². The Morgan fingerprint density at radius 3 is 2.94 bits per heavy atom. The van der Waals surface area contributed by atoms with Crippen molar-refractivity contribution in [1.29, 1.82) is 0 Å². The molecule has 0 aromatic carbocycles. The fraction of sp³-hybridized carbons (Fsp3) is 0.643. The maximum absolute atomic E-state index is 4.60. The van der Waals surface area contributed by atoms with Crippen LogP contribution < -0.4 is 0 Å². The molecule has 0 bridgehead atoms. The molecule has 0 amide bonds. The van der Waals surface area contributed by atoms with Crippen LogP contribution in [0, 0.1) is 0 Å². The van der Waals surface area contributed by atoms with Gasteiger partial charge in [-0.05, 0) is 46.6 Å². The molecule has 1 atom stereocenters. The van der Waals surface area contributed by atoms with Crippen LogP contribution >= 0.6 is 0 Å².